The average molecular weight is 275 g/mol. The fraction of sp³-hybridized carbons (Fsp3) is 0.846. The van der Waals surface area contributed by atoms with E-state index in [-0.39, 0.29) is 23.7 Å². The second-order valence-electron chi connectivity index (χ2n) is 6.12. The lowest BCUT2D eigenvalue weighted by atomic mass is 9.92. The number of carbonyl (C=O) groups is 2. The van der Waals surface area contributed by atoms with Gasteiger partial charge in [0.1, 0.15) is 6.61 Å². The number of hydrogen-bond acceptors (Lipinski definition) is 4. The molecule has 18 heavy (non-hydrogen) atoms. The van der Waals surface area contributed by atoms with Crippen LogP contribution in [0, 0.1) is 5.41 Å². The average Bonchev–Trinajstić information content (AvgIpc) is 2.12. The predicted molar refractivity (Wildman–Crippen MR) is 76.0 cm³/mol. The van der Waals surface area contributed by atoms with Crippen LogP contribution in [0.5, 0.6) is 0 Å². The summed E-state index contributed by atoms with van der Waals surface area (Å²) in [7, 11) is 0. The quantitative estimate of drug-likeness (QED) is 0.550. The summed E-state index contributed by atoms with van der Waals surface area (Å²) in [6, 6.07) is 0. The summed E-state index contributed by atoms with van der Waals surface area (Å²) < 4.78 is 4.52. The van der Waals surface area contributed by atoms with Gasteiger partial charge >= 0.3 is 0 Å². The Labute approximate surface area is 115 Å². The lowest BCUT2D eigenvalue weighted by Crippen LogP contribution is -2.33. The van der Waals surface area contributed by atoms with Crippen molar-refractivity contribution in [3.05, 3.63) is 0 Å². The van der Waals surface area contributed by atoms with Crippen LogP contribution in [0.15, 0.2) is 0 Å². The van der Waals surface area contributed by atoms with E-state index in [4.69, 9.17) is 4.74 Å². The Morgan fingerprint density at radius 1 is 1.17 bits per heavy atom. The number of hydrogen-bond donors (Lipinski definition) is 2. The number of amides is 1. The van der Waals surface area contributed by atoms with Crippen molar-refractivity contribution in [3.8, 4) is 0 Å². The van der Waals surface area contributed by atoms with Crippen molar-refractivity contribution in [1.82, 2.24) is 5.32 Å². The van der Waals surface area contributed by atoms with Crippen molar-refractivity contribution >= 4 is 24.3 Å². The number of carbonyl (C=O) groups excluding carboxylic acids is 2. The van der Waals surface area contributed by atoms with Gasteiger partial charge in [0.15, 0.2) is 5.78 Å². The van der Waals surface area contributed by atoms with Crippen LogP contribution in [0.25, 0.3) is 0 Å². The third kappa shape index (κ3) is 9.48. The van der Waals surface area contributed by atoms with Crippen molar-refractivity contribution in [2.24, 2.45) is 5.41 Å². The third-order valence-electron chi connectivity index (χ3n) is 2.17. The second kappa shape index (κ2) is 7.14. The van der Waals surface area contributed by atoms with Gasteiger partial charge in [0, 0.05) is 13.0 Å². The van der Waals surface area contributed by atoms with Crippen molar-refractivity contribution in [3.63, 3.8) is 0 Å². The molecule has 4 nitrogen and oxygen atoms in total. The molecule has 0 saturated carbocycles. The highest BCUT2D eigenvalue weighted by molar-refractivity contribution is 7.82. The van der Waals surface area contributed by atoms with Gasteiger partial charge in [0.2, 0.25) is 5.91 Å². The molecule has 0 unspecified atom stereocenters. The minimum Gasteiger partial charge on any atom is -0.372 e. The van der Waals surface area contributed by atoms with E-state index in [9.17, 15) is 9.59 Å². The SMILES string of the molecule is CC(C)(C)CC(=O)NCCOCC(=O)C(C)(C)S. The van der Waals surface area contributed by atoms with Gasteiger partial charge in [0.25, 0.3) is 0 Å². The number of rotatable bonds is 7. The maximum atomic E-state index is 11.5. The van der Waals surface area contributed by atoms with Crippen LogP contribution in [-0.4, -0.2) is 36.2 Å². The standard InChI is InChI=1S/C13H25NO3S/c1-12(2,3)8-11(16)14-6-7-17-9-10(15)13(4,5)18/h18H,6-9H2,1-5H3,(H,14,16). The third-order valence-corrected chi connectivity index (χ3v) is 2.42. The minimum absolute atomic E-state index is 0.00644. The van der Waals surface area contributed by atoms with Crippen LogP contribution in [-0.2, 0) is 14.3 Å². The highest BCUT2D eigenvalue weighted by Gasteiger charge is 2.22. The molecule has 0 radical (unpaired) electrons. The zero-order valence-corrected chi connectivity index (χ0v) is 12.9. The largest absolute Gasteiger partial charge is 0.372 e. The number of thiol groups is 1. The van der Waals surface area contributed by atoms with Gasteiger partial charge in [-0.2, -0.15) is 12.6 Å². The number of Topliss-reactive ketones (excluding diaryl/α,β-unsaturated/α-hetero) is 1. The summed E-state index contributed by atoms with van der Waals surface area (Å²) in [5, 5.41) is 2.76. The monoisotopic (exact) mass is 275 g/mol. The normalized spacial score (nSPS) is 12.3. The van der Waals surface area contributed by atoms with E-state index < -0.39 is 4.75 Å². The molecule has 0 saturated heterocycles. The first kappa shape index (κ1) is 17.4. The maximum absolute atomic E-state index is 11.5. The Kier molecular flexibility index (Phi) is 6.92. The molecule has 0 rings (SSSR count). The summed E-state index contributed by atoms with van der Waals surface area (Å²) in [4.78, 5) is 22.9. The first-order chi connectivity index (χ1) is 8.02. The maximum Gasteiger partial charge on any atom is 0.220 e. The molecule has 0 aliphatic carbocycles. The van der Waals surface area contributed by atoms with Gasteiger partial charge in [-0.25, -0.2) is 0 Å². The van der Waals surface area contributed by atoms with Crippen LogP contribution in [0.1, 0.15) is 41.0 Å². The van der Waals surface area contributed by atoms with E-state index >= 15 is 0 Å². The fourth-order valence-electron chi connectivity index (χ4n) is 1.15. The molecule has 0 spiro atoms. The molecule has 0 heterocycles. The molecule has 1 amide bonds. The Morgan fingerprint density at radius 3 is 2.17 bits per heavy atom. The molecule has 1 N–H and O–H groups in total. The van der Waals surface area contributed by atoms with Gasteiger partial charge in [-0.3, -0.25) is 9.59 Å². The number of ketones is 1. The first-order valence-corrected chi connectivity index (χ1v) is 6.57. The Bertz CT molecular complexity index is 290. The molecule has 0 aliphatic rings. The van der Waals surface area contributed by atoms with E-state index in [1.165, 1.54) is 0 Å². The van der Waals surface area contributed by atoms with Crippen LogP contribution in [0.4, 0.5) is 0 Å². The smallest absolute Gasteiger partial charge is 0.220 e. The van der Waals surface area contributed by atoms with Crippen molar-refractivity contribution in [2.45, 2.75) is 45.8 Å². The molecule has 0 aliphatic heterocycles. The molecule has 0 bridgehead atoms. The summed E-state index contributed by atoms with van der Waals surface area (Å²) in [6.07, 6.45) is 0.482. The molecule has 0 aromatic rings. The fourth-order valence-corrected chi connectivity index (χ4v) is 1.21. The van der Waals surface area contributed by atoms with Gasteiger partial charge in [-0.1, -0.05) is 20.8 Å². The lowest BCUT2D eigenvalue weighted by molar-refractivity contribution is -0.125. The van der Waals surface area contributed by atoms with E-state index in [1.807, 2.05) is 20.8 Å². The minimum atomic E-state index is -0.671. The number of ether oxygens (including phenoxy) is 1. The van der Waals surface area contributed by atoms with E-state index in [1.54, 1.807) is 13.8 Å². The molecule has 0 aromatic carbocycles. The molecular weight excluding hydrogens is 250 g/mol. The topological polar surface area (TPSA) is 55.4 Å². The van der Waals surface area contributed by atoms with E-state index in [0.717, 1.165) is 0 Å². The highest BCUT2D eigenvalue weighted by atomic mass is 32.1. The Hall–Kier alpha value is -0.550. The summed E-state index contributed by atoms with van der Waals surface area (Å²) in [5.41, 5.74) is -0.0169. The Morgan fingerprint density at radius 2 is 1.72 bits per heavy atom. The molecular formula is C13H25NO3S. The van der Waals surface area contributed by atoms with Crippen molar-refractivity contribution < 1.29 is 14.3 Å². The lowest BCUT2D eigenvalue weighted by Gasteiger charge is -2.17. The van der Waals surface area contributed by atoms with Gasteiger partial charge < -0.3 is 10.1 Å². The van der Waals surface area contributed by atoms with Gasteiger partial charge in [-0.05, 0) is 19.3 Å². The van der Waals surface area contributed by atoms with E-state index in [0.29, 0.717) is 19.6 Å². The van der Waals surface area contributed by atoms with Crippen LogP contribution in [0.2, 0.25) is 0 Å². The van der Waals surface area contributed by atoms with Crippen LogP contribution < -0.4 is 5.32 Å². The van der Waals surface area contributed by atoms with Gasteiger partial charge in [0.05, 0.1) is 11.4 Å². The Balaban J connectivity index is 3.64. The van der Waals surface area contributed by atoms with Gasteiger partial charge in [-0.15, -0.1) is 0 Å². The van der Waals surface area contributed by atoms with Crippen molar-refractivity contribution in [1.29, 1.82) is 0 Å². The molecule has 0 fully saturated rings. The highest BCUT2D eigenvalue weighted by Crippen LogP contribution is 2.17. The second-order valence-corrected chi connectivity index (χ2v) is 7.24. The molecule has 0 atom stereocenters. The first-order valence-electron chi connectivity index (χ1n) is 6.12. The molecule has 5 heteroatoms. The predicted octanol–water partition coefficient (Wildman–Crippen LogP) is 1.83. The summed E-state index contributed by atoms with van der Waals surface area (Å²) in [6.45, 7) is 10.3. The number of nitrogens with one attached hydrogen (secondary N) is 1. The summed E-state index contributed by atoms with van der Waals surface area (Å²) >= 11 is 4.15. The van der Waals surface area contributed by atoms with Crippen LogP contribution >= 0.6 is 12.6 Å². The van der Waals surface area contributed by atoms with Crippen LogP contribution in [0.3, 0.4) is 0 Å². The zero-order valence-electron chi connectivity index (χ0n) is 12.0. The summed E-state index contributed by atoms with van der Waals surface area (Å²) in [5.74, 6) is -0.0567. The zero-order chi connectivity index (χ0) is 14.4. The van der Waals surface area contributed by atoms with E-state index in [2.05, 4.69) is 17.9 Å². The molecule has 106 valence electrons. The molecule has 0 aromatic heterocycles. The van der Waals surface area contributed by atoms with Crippen molar-refractivity contribution in [2.75, 3.05) is 19.8 Å².